The Balaban J connectivity index is 1.61. The molecule has 1 N–H and O–H groups in total. The molecule has 0 aliphatic carbocycles. The van der Waals surface area contributed by atoms with E-state index >= 15 is 0 Å². The van der Waals surface area contributed by atoms with Crippen molar-refractivity contribution in [1.82, 2.24) is 10.2 Å². The highest BCUT2D eigenvalue weighted by Crippen LogP contribution is 2.19. The summed E-state index contributed by atoms with van der Waals surface area (Å²) in [6.45, 7) is 3.66. The first-order chi connectivity index (χ1) is 9.34. The van der Waals surface area contributed by atoms with Crippen LogP contribution in [0, 0.1) is 0 Å². The second-order valence-corrected chi connectivity index (χ2v) is 6.07. The van der Waals surface area contributed by atoms with Gasteiger partial charge in [0, 0.05) is 10.9 Å². The molecule has 19 heavy (non-hydrogen) atoms. The lowest BCUT2D eigenvalue weighted by Crippen LogP contribution is -2.52. The van der Waals surface area contributed by atoms with Crippen molar-refractivity contribution in [3.63, 3.8) is 0 Å². The first-order valence-electron chi connectivity index (χ1n) is 6.99. The highest BCUT2D eigenvalue weighted by Gasteiger charge is 2.34. The highest BCUT2D eigenvalue weighted by molar-refractivity contribution is 7.08. The Kier molecular flexibility index (Phi) is 4.15. The molecule has 2 fully saturated rings. The fourth-order valence-corrected chi connectivity index (χ4v) is 3.57. The van der Waals surface area contributed by atoms with E-state index in [0.29, 0.717) is 12.6 Å². The minimum Gasteiger partial charge on any atom is -0.378 e. The molecule has 0 radical (unpaired) electrons. The van der Waals surface area contributed by atoms with Crippen LogP contribution in [0.25, 0.3) is 0 Å². The number of carbonyl (C=O) groups excluding carboxylic acids is 1. The third-order valence-electron chi connectivity index (χ3n) is 4.01. The zero-order valence-corrected chi connectivity index (χ0v) is 11.8. The molecule has 0 spiro atoms. The number of hydrogen-bond donors (Lipinski definition) is 1. The van der Waals surface area contributed by atoms with Crippen LogP contribution in [-0.2, 0) is 4.74 Å². The summed E-state index contributed by atoms with van der Waals surface area (Å²) in [7, 11) is 0. The molecule has 5 heteroatoms. The second-order valence-electron chi connectivity index (χ2n) is 5.29. The summed E-state index contributed by atoms with van der Waals surface area (Å²) in [4.78, 5) is 14.6. The number of hydrogen-bond acceptors (Lipinski definition) is 4. The normalized spacial score (nSPS) is 28.4. The average molecular weight is 280 g/mol. The number of ether oxygens (including phenoxy) is 1. The largest absolute Gasteiger partial charge is 0.378 e. The first-order valence-corrected chi connectivity index (χ1v) is 7.94. The van der Waals surface area contributed by atoms with Crippen LogP contribution in [0.1, 0.15) is 29.6 Å². The minimum atomic E-state index is 0.0266. The molecule has 0 saturated carbocycles. The van der Waals surface area contributed by atoms with Crippen LogP contribution in [0.5, 0.6) is 0 Å². The molecule has 2 saturated heterocycles. The van der Waals surface area contributed by atoms with E-state index in [-0.39, 0.29) is 11.9 Å². The maximum Gasteiger partial charge on any atom is 0.252 e. The molecule has 1 amide bonds. The van der Waals surface area contributed by atoms with Crippen molar-refractivity contribution in [1.29, 1.82) is 0 Å². The maximum atomic E-state index is 12.1. The van der Waals surface area contributed by atoms with Crippen molar-refractivity contribution in [3.05, 3.63) is 22.4 Å². The molecule has 2 aliphatic heterocycles. The van der Waals surface area contributed by atoms with Gasteiger partial charge < -0.3 is 10.1 Å². The van der Waals surface area contributed by atoms with Gasteiger partial charge in [0.05, 0.1) is 25.3 Å². The fourth-order valence-electron chi connectivity index (χ4n) is 2.94. The van der Waals surface area contributed by atoms with E-state index in [1.807, 2.05) is 16.8 Å². The average Bonchev–Trinajstić information content (AvgIpc) is 3.11. The van der Waals surface area contributed by atoms with Crippen LogP contribution in [0.2, 0.25) is 0 Å². The second kappa shape index (κ2) is 6.03. The van der Waals surface area contributed by atoms with Gasteiger partial charge in [-0.2, -0.15) is 11.3 Å². The van der Waals surface area contributed by atoms with Crippen LogP contribution in [-0.4, -0.2) is 49.2 Å². The molecule has 0 bridgehead atoms. The summed E-state index contributed by atoms with van der Waals surface area (Å²) in [6.07, 6.45) is 3.86. The van der Waals surface area contributed by atoms with E-state index in [4.69, 9.17) is 4.74 Å². The summed E-state index contributed by atoms with van der Waals surface area (Å²) in [5.41, 5.74) is 0.759. The van der Waals surface area contributed by atoms with Gasteiger partial charge in [-0.3, -0.25) is 9.69 Å². The van der Waals surface area contributed by atoms with Crippen LogP contribution in [0.15, 0.2) is 16.8 Å². The summed E-state index contributed by atoms with van der Waals surface area (Å²) in [6, 6.07) is 2.35. The maximum absolute atomic E-state index is 12.1. The predicted octanol–water partition coefficient (Wildman–Crippen LogP) is 1.73. The zero-order valence-electron chi connectivity index (χ0n) is 11.0. The van der Waals surface area contributed by atoms with Gasteiger partial charge in [-0.05, 0) is 37.4 Å². The summed E-state index contributed by atoms with van der Waals surface area (Å²) in [5, 5.41) is 6.95. The van der Waals surface area contributed by atoms with Crippen molar-refractivity contribution in [3.8, 4) is 0 Å². The number of thiophene rings is 1. The van der Waals surface area contributed by atoms with Crippen LogP contribution in [0.4, 0.5) is 0 Å². The Hall–Kier alpha value is -0.910. The minimum absolute atomic E-state index is 0.0266. The van der Waals surface area contributed by atoms with Gasteiger partial charge in [-0.25, -0.2) is 0 Å². The molecule has 0 unspecified atom stereocenters. The summed E-state index contributed by atoms with van der Waals surface area (Å²) < 4.78 is 5.59. The molecule has 1 aromatic heterocycles. The fraction of sp³-hybridized carbons (Fsp3) is 0.643. The number of nitrogens with zero attached hydrogens (tertiary/aromatic N) is 1. The lowest BCUT2D eigenvalue weighted by molar-refractivity contribution is 0.0900. The molecule has 2 aliphatic rings. The SMILES string of the molecule is O=C(N[C@H]1COC[C@@H]1N1CCCCC1)c1ccsc1. The van der Waals surface area contributed by atoms with Crippen molar-refractivity contribution in [2.75, 3.05) is 26.3 Å². The van der Waals surface area contributed by atoms with Crippen molar-refractivity contribution >= 4 is 17.2 Å². The molecule has 104 valence electrons. The third-order valence-corrected chi connectivity index (χ3v) is 4.69. The third kappa shape index (κ3) is 2.99. The molecular formula is C14H20N2O2S. The standard InChI is InChI=1S/C14H20N2O2S/c17-14(11-4-7-19-10-11)15-12-8-18-9-13(12)16-5-2-1-3-6-16/h4,7,10,12-13H,1-3,5-6,8-9H2,(H,15,17)/t12-,13-/m0/s1. The lowest BCUT2D eigenvalue weighted by Gasteiger charge is -2.34. The van der Waals surface area contributed by atoms with Gasteiger partial charge in [-0.1, -0.05) is 6.42 Å². The quantitative estimate of drug-likeness (QED) is 0.917. The van der Waals surface area contributed by atoms with E-state index < -0.39 is 0 Å². The molecule has 3 heterocycles. The van der Waals surface area contributed by atoms with E-state index in [9.17, 15) is 4.79 Å². The Bertz CT molecular complexity index is 415. The van der Waals surface area contributed by atoms with Crippen molar-refractivity contribution in [2.24, 2.45) is 0 Å². The Morgan fingerprint density at radius 2 is 2.16 bits per heavy atom. The molecule has 1 aromatic rings. The highest BCUT2D eigenvalue weighted by atomic mass is 32.1. The van der Waals surface area contributed by atoms with Gasteiger partial charge in [0.1, 0.15) is 0 Å². The number of piperidine rings is 1. The van der Waals surface area contributed by atoms with E-state index in [1.54, 1.807) is 11.3 Å². The Morgan fingerprint density at radius 1 is 1.32 bits per heavy atom. The van der Waals surface area contributed by atoms with Crippen LogP contribution in [0.3, 0.4) is 0 Å². The van der Waals surface area contributed by atoms with Gasteiger partial charge in [0.25, 0.3) is 5.91 Å². The number of carbonyl (C=O) groups is 1. The number of amides is 1. The van der Waals surface area contributed by atoms with Crippen LogP contribution < -0.4 is 5.32 Å². The van der Waals surface area contributed by atoms with Crippen molar-refractivity contribution < 1.29 is 9.53 Å². The topological polar surface area (TPSA) is 41.6 Å². The number of nitrogens with one attached hydrogen (secondary N) is 1. The van der Waals surface area contributed by atoms with Gasteiger partial charge in [0.15, 0.2) is 0 Å². The van der Waals surface area contributed by atoms with E-state index in [2.05, 4.69) is 10.2 Å². The smallest absolute Gasteiger partial charge is 0.252 e. The number of rotatable bonds is 3. The van der Waals surface area contributed by atoms with Crippen molar-refractivity contribution in [2.45, 2.75) is 31.3 Å². The monoisotopic (exact) mass is 280 g/mol. The lowest BCUT2D eigenvalue weighted by atomic mass is 10.0. The predicted molar refractivity (Wildman–Crippen MR) is 75.6 cm³/mol. The molecular weight excluding hydrogens is 260 g/mol. The zero-order chi connectivity index (χ0) is 13.1. The van der Waals surface area contributed by atoms with Gasteiger partial charge in [0.2, 0.25) is 0 Å². The Morgan fingerprint density at radius 3 is 2.89 bits per heavy atom. The van der Waals surface area contributed by atoms with E-state index in [1.165, 1.54) is 19.3 Å². The molecule has 3 rings (SSSR count). The molecule has 2 atom stereocenters. The van der Waals surface area contributed by atoms with E-state index in [0.717, 1.165) is 25.3 Å². The summed E-state index contributed by atoms with van der Waals surface area (Å²) in [5.74, 6) is 0.0266. The molecule has 4 nitrogen and oxygen atoms in total. The first kappa shape index (κ1) is 13.1. The number of likely N-dealkylation sites (tertiary alicyclic amines) is 1. The summed E-state index contributed by atoms with van der Waals surface area (Å²) >= 11 is 1.55. The Labute approximate surface area is 117 Å². The van der Waals surface area contributed by atoms with Gasteiger partial charge in [-0.15, -0.1) is 0 Å². The van der Waals surface area contributed by atoms with Gasteiger partial charge >= 0.3 is 0 Å². The van der Waals surface area contributed by atoms with Crippen LogP contribution >= 0.6 is 11.3 Å². The molecule has 0 aromatic carbocycles.